The molecule has 6 nitrogen and oxygen atoms in total. The summed E-state index contributed by atoms with van der Waals surface area (Å²) in [5.41, 5.74) is 2.91. The normalized spacial score (nSPS) is 16.3. The van der Waals surface area contributed by atoms with E-state index in [2.05, 4.69) is 33.1 Å². The molecule has 0 fully saturated rings. The van der Waals surface area contributed by atoms with Crippen LogP contribution in [0.3, 0.4) is 0 Å². The number of carbonyl (C=O) groups excluding carboxylic acids is 1. The molecule has 0 bridgehead atoms. The Balaban J connectivity index is 1.62. The average Bonchev–Trinajstić information content (AvgIpc) is 2.57. The first-order valence-corrected chi connectivity index (χ1v) is 7.91. The molecule has 1 atom stereocenters. The molecular weight excluding hydrogens is 411 g/mol. The predicted octanol–water partition coefficient (Wildman–Crippen LogP) is 2.29. The first-order valence-electron chi connectivity index (χ1n) is 6.83. The number of hydrazone groups is 1. The van der Waals surface area contributed by atoms with E-state index in [1.165, 1.54) is 6.21 Å². The van der Waals surface area contributed by atoms with E-state index in [0.717, 1.165) is 3.57 Å². The van der Waals surface area contributed by atoms with Gasteiger partial charge in [-0.3, -0.25) is 4.79 Å². The molecule has 0 aliphatic carbocycles. The lowest BCUT2D eigenvalue weighted by Crippen LogP contribution is -2.42. The molecule has 23 heavy (non-hydrogen) atoms. The number of nitrogens with zero attached hydrogens (tertiary/aromatic N) is 1. The summed E-state index contributed by atoms with van der Waals surface area (Å²) < 4.78 is 12.0. The second-order valence-corrected chi connectivity index (χ2v) is 6.05. The van der Waals surface area contributed by atoms with E-state index in [0.29, 0.717) is 17.1 Å². The van der Waals surface area contributed by atoms with Gasteiger partial charge < -0.3 is 14.6 Å². The maximum atomic E-state index is 12.1. The van der Waals surface area contributed by atoms with Gasteiger partial charge in [0.1, 0.15) is 12.4 Å². The number of benzene rings is 2. The van der Waals surface area contributed by atoms with Crippen LogP contribution >= 0.6 is 22.6 Å². The number of nitrogens with one attached hydrogen (secondary N) is 1. The van der Waals surface area contributed by atoms with Crippen LogP contribution in [0.5, 0.6) is 17.2 Å². The Bertz CT molecular complexity index is 763. The van der Waals surface area contributed by atoms with Gasteiger partial charge in [-0.1, -0.05) is 12.1 Å². The quantitative estimate of drug-likeness (QED) is 0.450. The number of hydrogen-bond acceptors (Lipinski definition) is 5. The Hall–Kier alpha value is -2.29. The highest BCUT2D eigenvalue weighted by Gasteiger charge is 2.26. The Kier molecular flexibility index (Phi) is 4.65. The van der Waals surface area contributed by atoms with Gasteiger partial charge in [-0.15, -0.1) is 0 Å². The zero-order valence-electron chi connectivity index (χ0n) is 11.9. The highest BCUT2D eigenvalue weighted by Crippen LogP contribution is 2.30. The molecule has 0 saturated heterocycles. The van der Waals surface area contributed by atoms with Crippen molar-refractivity contribution in [3.8, 4) is 17.2 Å². The number of phenols is 1. The lowest BCUT2D eigenvalue weighted by molar-refractivity contribution is -0.130. The Morgan fingerprint density at radius 2 is 2.09 bits per heavy atom. The van der Waals surface area contributed by atoms with Crippen LogP contribution in [0, 0.1) is 3.57 Å². The fraction of sp³-hybridized carbons (Fsp3) is 0.125. The van der Waals surface area contributed by atoms with E-state index in [4.69, 9.17) is 9.47 Å². The first kappa shape index (κ1) is 15.6. The highest BCUT2D eigenvalue weighted by atomic mass is 127. The van der Waals surface area contributed by atoms with Gasteiger partial charge in [-0.05, 0) is 52.9 Å². The van der Waals surface area contributed by atoms with E-state index < -0.39 is 12.0 Å². The molecule has 0 aromatic heterocycles. The number of hydrogen-bond donors (Lipinski definition) is 2. The number of fused-ring (bicyclic) bond motifs is 1. The van der Waals surface area contributed by atoms with Crippen molar-refractivity contribution in [3.05, 3.63) is 51.6 Å². The van der Waals surface area contributed by atoms with Crippen LogP contribution in [0.1, 0.15) is 5.56 Å². The Labute approximate surface area is 146 Å². The lowest BCUT2D eigenvalue weighted by Gasteiger charge is -2.24. The summed E-state index contributed by atoms with van der Waals surface area (Å²) in [5, 5.41) is 13.6. The number of aromatic hydroxyl groups is 1. The monoisotopic (exact) mass is 424 g/mol. The van der Waals surface area contributed by atoms with Crippen molar-refractivity contribution in [2.75, 3.05) is 6.61 Å². The molecule has 2 aromatic rings. The molecule has 0 spiro atoms. The average molecular weight is 424 g/mol. The number of para-hydroxylation sites is 2. The second-order valence-electron chi connectivity index (χ2n) is 4.80. The summed E-state index contributed by atoms with van der Waals surface area (Å²) in [6.07, 6.45) is 0.610. The van der Waals surface area contributed by atoms with Gasteiger partial charge in [0.25, 0.3) is 5.91 Å². The van der Waals surface area contributed by atoms with Crippen molar-refractivity contribution in [1.82, 2.24) is 5.43 Å². The van der Waals surface area contributed by atoms with Crippen LogP contribution in [0.2, 0.25) is 0 Å². The maximum Gasteiger partial charge on any atom is 0.284 e. The molecule has 0 unspecified atom stereocenters. The van der Waals surface area contributed by atoms with Crippen molar-refractivity contribution in [2.45, 2.75) is 6.10 Å². The molecule has 2 aromatic carbocycles. The predicted molar refractivity (Wildman–Crippen MR) is 92.9 cm³/mol. The van der Waals surface area contributed by atoms with E-state index in [-0.39, 0.29) is 12.4 Å². The Morgan fingerprint density at radius 1 is 1.30 bits per heavy atom. The highest BCUT2D eigenvalue weighted by molar-refractivity contribution is 14.1. The molecule has 3 rings (SSSR count). The molecule has 0 radical (unpaired) electrons. The number of ether oxygens (including phenoxy) is 2. The molecule has 1 aliphatic heterocycles. The minimum atomic E-state index is -0.772. The van der Waals surface area contributed by atoms with Crippen LogP contribution in [0.25, 0.3) is 0 Å². The van der Waals surface area contributed by atoms with Crippen LogP contribution in [0.15, 0.2) is 47.6 Å². The smallest absolute Gasteiger partial charge is 0.284 e. The molecular formula is C16H13IN2O4. The van der Waals surface area contributed by atoms with Gasteiger partial charge in [-0.25, -0.2) is 5.43 Å². The van der Waals surface area contributed by atoms with Crippen LogP contribution < -0.4 is 14.9 Å². The number of carbonyl (C=O) groups is 1. The fourth-order valence-corrected chi connectivity index (χ4v) is 2.53. The van der Waals surface area contributed by atoms with Gasteiger partial charge in [0.05, 0.1) is 6.21 Å². The first-order chi connectivity index (χ1) is 11.1. The summed E-state index contributed by atoms with van der Waals surface area (Å²) in [5.74, 6) is 0.817. The second kappa shape index (κ2) is 6.86. The largest absolute Gasteiger partial charge is 0.507 e. The zero-order valence-corrected chi connectivity index (χ0v) is 14.1. The van der Waals surface area contributed by atoms with Crippen LogP contribution in [-0.4, -0.2) is 29.9 Å². The molecule has 0 saturated carbocycles. The van der Waals surface area contributed by atoms with E-state index in [9.17, 15) is 9.90 Å². The van der Waals surface area contributed by atoms with Gasteiger partial charge in [-0.2, -0.15) is 5.10 Å². The van der Waals surface area contributed by atoms with E-state index in [1.54, 1.807) is 36.4 Å². The molecule has 7 heteroatoms. The summed E-state index contributed by atoms with van der Waals surface area (Å²) in [7, 11) is 0. The minimum absolute atomic E-state index is 0.0922. The molecule has 1 heterocycles. The van der Waals surface area contributed by atoms with Crippen LogP contribution in [0.4, 0.5) is 0 Å². The third-order valence-electron chi connectivity index (χ3n) is 3.17. The van der Waals surface area contributed by atoms with E-state index >= 15 is 0 Å². The van der Waals surface area contributed by atoms with Crippen molar-refractivity contribution < 1.29 is 19.4 Å². The summed E-state index contributed by atoms with van der Waals surface area (Å²) in [6.45, 7) is 0.118. The summed E-state index contributed by atoms with van der Waals surface area (Å²) in [4.78, 5) is 12.1. The SMILES string of the molecule is O=C(N/N=C/c1cc(I)ccc1O)[C@@H]1COc2ccccc2O1. The number of amides is 1. The number of rotatable bonds is 3. The van der Waals surface area contributed by atoms with Crippen molar-refractivity contribution in [3.63, 3.8) is 0 Å². The topological polar surface area (TPSA) is 80.2 Å². The van der Waals surface area contributed by atoms with Gasteiger partial charge >= 0.3 is 0 Å². The molecule has 2 N–H and O–H groups in total. The fourth-order valence-electron chi connectivity index (χ4n) is 2.01. The minimum Gasteiger partial charge on any atom is -0.507 e. The number of phenolic OH excluding ortho intramolecular Hbond substituents is 1. The van der Waals surface area contributed by atoms with Gasteiger partial charge in [0.15, 0.2) is 11.5 Å². The standard InChI is InChI=1S/C16H13IN2O4/c17-11-5-6-12(20)10(7-11)8-18-19-16(21)15-9-22-13-3-1-2-4-14(13)23-15/h1-8,15,20H,9H2,(H,19,21)/b18-8+/t15-/m0/s1. The lowest BCUT2D eigenvalue weighted by atomic mass is 10.2. The van der Waals surface area contributed by atoms with Crippen molar-refractivity contribution in [1.29, 1.82) is 0 Å². The van der Waals surface area contributed by atoms with Gasteiger partial charge in [0, 0.05) is 9.13 Å². The maximum absolute atomic E-state index is 12.1. The summed E-state index contributed by atoms with van der Waals surface area (Å²) in [6, 6.07) is 12.3. The van der Waals surface area contributed by atoms with Crippen molar-refractivity contribution in [2.24, 2.45) is 5.10 Å². The summed E-state index contributed by atoms with van der Waals surface area (Å²) >= 11 is 2.13. The third-order valence-corrected chi connectivity index (χ3v) is 3.84. The molecule has 1 aliphatic rings. The molecule has 118 valence electrons. The molecule has 1 amide bonds. The number of halogens is 1. The van der Waals surface area contributed by atoms with Crippen molar-refractivity contribution >= 4 is 34.7 Å². The zero-order chi connectivity index (χ0) is 16.2. The third kappa shape index (κ3) is 3.73. The van der Waals surface area contributed by atoms with E-state index in [1.807, 2.05) is 6.07 Å². The Morgan fingerprint density at radius 3 is 2.91 bits per heavy atom. The van der Waals surface area contributed by atoms with Gasteiger partial charge in [0.2, 0.25) is 6.10 Å². The van der Waals surface area contributed by atoms with Crippen LogP contribution in [-0.2, 0) is 4.79 Å².